The van der Waals surface area contributed by atoms with E-state index >= 15 is 0 Å². The second-order valence-corrected chi connectivity index (χ2v) is 7.10. The Bertz CT molecular complexity index is 332. The average molecular weight is 262 g/mol. The number of ketones is 1. The fourth-order valence-corrected chi connectivity index (χ4v) is 4.10. The van der Waals surface area contributed by atoms with Crippen LogP contribution in [-0.2, 0) is 4.79 Å². The van der Waals surface area contributed by atoms with Crippen molar-refractivity contribution < 1.29 is 4.79 Å². The summed E-state index contributed by atoms with van der Waals surface area (Å²) in [5.74, 6) is 1.16. The molecule has 108 valence electrons. The molecule has 0 aromatic carbocycles. The quantitative estimate of drug-likeness (QED) is 0.659. The van der Waals surface area contributed by atoms with Crippen molar-refractivity contribution in [3.05, 3.63) is 11.6 Å². The molecule has 0 aromatic rings. The van der Waals surface area contributed by atoms with Gasteiger partial charge in [0.25, 0.3) is 0 Å². The maximum absolute atomic E-state index is 13.1. The third kappa shape index (κ3) is 3.70. The third-order valence-corrected chi connectivity index (χ3v) is 4.92. The molecule has 1 heteroatoms. The minimum absolute atomic E-state index is 0.0131. The van der Waals surface area contributed by atoms with Gasteiger partial charge in [-0.25, -0.2) is 0 Å². The molecule has 2 aliphatic carbocycles. The Hall–Kier alpha value is -0.590. The van der Waals surface area contributed by atoms with Gasteiger partial charge in [-0.2, -0.15) is 0 Å². The highest BCUT2D eigenvalue weighted by molar-refractivity contribution is 6.00. The summed E-state index contributed by atoms with van der Waals surface area (Å²) in [5, 5.41) is 0. The van der Waals surface area contributed by atoms with Crippen LogP contribution in [0.3, 0.4) is 0 Å². The Labute approximate surface area is 118 Å². The van der Waals surface area contributed by atoms with Crippen molar-refractivity contribution in [2.75, 3.05) is 0 Å². The largest absolute Gasteiger partial charge is 0.294 e. The lowest BCUT2D eigenvalue weighted by Crippen LogP contribution is -2.31. The average Bonchev–Trinajstić information content (AvgIpc) is 2.76. The van der Waals surface area contributed by atoms with Gasteiger partial charge in [0.1, 0.15) is 0 Å². The second kappa shape index (κ2) is 6.72. The van der Waals surface area contributed by atoms with E-state index in [9.17, 15) is 4.79 Å². The normalized spacial score (nSPS) is 23.8. The van der Waals surface area contributed by atoms with Gasteiger partial charge in [-0.3, -0.25) is 4.79 Å². The smallest absolute Gasteiger partial charge is 0.164 e. The Morgan fingerprint density at radius 1 is 1.11 bits per heavy atom. The molecule has 0 amide bonds. The number of Topliss-reactive ketones (excluding diaryl/α,β-unsaturated/α-hetero) is 1. The molecule has 2 rings (SSSR count). The summed E-state index contributed by atoms with van der Waals surface area (Å²) in [4.78, 5) is 13.1. The zero-order valence-corrected chi connectivity index (χ0v) is 12.8. The molecule has 19 heavy (non-hydrogen) atoms. The molecule has 0 aliphatic heterocycles. The van der Waals surface area contributed by atoms with Crippen LogP contribution < -0.4 is 0 Å². The van der Waals surface area contributed by atoms with Gasteiger partial charge >= 0.3 is 0 Å². The van der Waals surface area contributed by atoms with Crippen molar-refractivity contribution >= 4 is 5.78 Å². The van der Waals surface area contributed by atoms with E-state index in [1.807, 2.05) is 0 Å². The Balaban J connectivity index is 2.13. The van der Waals surface area contributed by atoms with Gasteiger partial charge < -0.3 is 0 Å². The van der Waals surface area contributed by atoms with E-state index in [1.165, 1.54) is 44.1 Å². The van der Waals surface area contributed by atoms with Crippen molar-refractivity contribution in [3.8, 4) is 0 Å². The van der Waals surface area contributed by atoms with E-state index < -0.39 is 0 Å². The zero-order chi connectivity index (χ0) is 13.7. The van der Waals surface area contributed by atoms with Gasteiger partial charge in [-0.15, -0.1) is 0 Å². The Morgan fingerprint density at radius 3 is 2.47 bits per heavy atom. The summed E-state index contributed by atoms with van der Waals surface area (Å²) in [6.45, 7) is 4.53. The van der Waals surface area contributed by atoms with Gasteiger partial charge in [0.2, 0.25) is 0 Å². The van der Waals surface area contributed by atoms with Crippen molar-refractivity contribution in [1.29, 1.82) is 0 Å². The van der Waals surface area contributed by atoms with Crippen molar-refractivity contribution in [2.24, 2.45) is 11.3 Å². The van der Waals surface area contributed by atoms with Crippen molar-refractivity contribution in [2.45, 2.75) is 84.5 Å². The first-order chi connectivity index (χ1) is 9.14. The number of carbonyl (C=O) groups is 1. The van der Waals surface area contributed by atoms with Crippen LogP contribution in [0.4, 0.5) is 0 Å². The predicted octanol–water partition coefficient (Wildman–Crippen LogP) is 5.44. The molecule has 0 spiro atoms. The minimum Gasteiger partial charge on any atom is -0.294 e. The first-order valence-corrected chi connectivity index (χ1v) is 8.38. The van der Waals surface area contributed by atoms with E-state index in [1.54, 1.807) is 0 Å². The first kappa shape index (κ1) is 14.8. The highest BCUT2D eigenvalue weighted by Crippen LogP contribution is 2.46. The fourth-order valence-electron chi connectivity index (χ4n) is 4.10. The standard InChI is InChI=1S/C18H30O/c1-15(2)14-18(12-8-9-13-18)17(19)16-10-6-4-3-5-7-11-16/h10,15H,3-9,11-14H2,1-2H3. The molecule has 1 saturated carbocycles. The molecule has 0 saturated heterocycles. The molecule has 0 radical (unpaired) electrons. The van der Waals surface area contributed by atoms with E-state index in [4.69, 9.17) is 0 Å². The molecule has 0 atom stereocenters. The molecular formula is C18H30O. The maximum Gasteiger partial charge on any atom is 0.164 e. The lowest BCUT2D eigenvalue weighted by Gasteiger charge is -2.31. The van der Waals surface area contributed by atoms with Crippen LogP contribution in [0.25, 0.3) is 0 Å². The molecule has 1 nitrogen and oxygen atoms in total. The Morgan fingerprint density at radius 2 is 1.79 bits per heavy atom. The highest BCUT2D eigenvalue weighted by atomic mass is 16.1. The molecule has 0 heterocycles. The molecular weight excluding hydrogens is 232 g/mol. The van der Waals surface area contributed by atoms with Crippen molar-refractivity contribution in [3.63, 3.8) is 0 Å². The van der Waals surface area contributed by atoms with Gasteiger partial charge in [0.05, 0.1) is 0 Å². The summed E-state index contributed by atoms with van der Waals surface area (Å²) in [6, 6.07) is 0. The van der Waals surface area contributed by atoms with Gasteiger partial charge in [0.15, 0.2) is 5.78 Å². The third-order valence-electron chi connectivity index (χ3n) is 4.92. The number of rotatable bonds is 4. The minimum atomic E-state index is 0.0131. The maximum atomic E-state index is 13.1. The van der Waals surface area contributed by atoms with Crippen LogP contribution in [-0.4, -0.2) is 5.78 Å². The molecule has 0 aromatic heterocycles. The number of carbonyl (C=O) groups excluding carboxylic acids is 1. The summed E-state index contributed by atoms with van der Waals surface area (Å²) in [6.07, 6.45) is 15.5. The summed E-state index contributed by atoms with van der Waals surface area (Å²) in [5.41, 5.74) is 1.20. The molecule has 0 bridgehead atoms. The van der Waals surface area contributed by atoms with E-state index in [0.29, 0.717) is 11.7 Å². The van der Waals surface area contributed by atoms with Gasteiger partial charge in [-0.05, 0) is 56.4 Å². The number of hydrogen-bond donors (Lipinski definition) is 0. The topological polar surface area (TPSA) is 17.1 Å². The molecule has 0 N–H and O–H groups in total. The fraction of sp³-hybridized carbons (Fsp3) is 0.833. The van der Waals surface area contributed by atoms with Gasteiger partial charge in [-0.1, -0.05) is 45.6 Å². The lowest BCUT2D eigenvalue weighted by molar-refractivity contribution is -0.125. The van der Waals surface area contributed by atoms with Crippen LogP contribution in [0.15, 0.2) is 11.6 Å². The SMILES string of the molecule is CC(C)CC1(C(=O)C2=CCCCCCC2)CCCC1. The van der Waals surface area contributed by atoms with E-state index in [2.05, 4.69) is 19.9 Å². The summed E-state index contributed by atoms with van der Waals surface area (Å²) >= 11 is 0. The Kier molecular flexibility index (Phi) is 5.24. The molecule has 2 aliphatic rings. The second-order valence-electron chi connectivity index (χ2n) is 7.10. The lowest BCUT2D eigenvalue weighted by atomic mass is 9.72. The van der Waals surface area contributed by atoms with Crippen LogP contribution in [0.2, 0.25) is 0 Å². The van der Waals surface area contributed by atoms with Crippen LogP contribution in [0.1, 0.15) is 84.5 Å². The zero-order valence-electron chi connectivity index (χ0n) is 12.8. The van der Waals surface area contributed by atoms with E-state index in [-0.39, 0.29) is 5.41 Å². The highest BCUT2D eigenvalue weighted by Gasteiger charge is 2.42. The summed E-state index contributed by atoms with van der Waals surface area (Å²) in [7, 11) is 0. The van der Waals surface area contributed by atoms with Gasteiger partial charge in [0, 0.05) is 5.41 Å². The van der Waals surface area contributed by atoms with E-state index in [0.717, 1.165) is 32.1 Å². The molecule has 1 fully saturated rings. The predicted molar refractivity (Wildman–Crippen MR) is 81.1 cm³/mol. The first-order valence-electron chi connectivity index (χ1n) is 8.38. The monoisotopic (exact) mass is 262 g/mol. The van der Waals surface area contributed by atoms with Crippen molar-refractivity contribution in [1.82, 2.24) is 0 Å². The number of hydrogen-bond acceptors (Lipinski definition) is 1. The number of allylic oxidation sites excluding steroid dienone is 2. The van der Waals surface area contributed by atoms with Crippen LogP contribution >= 0.6 is 0 Å². The van der Waals surface area contributed by atoms with Crippen LogP contribution in [0.5, 0.6) is 0 Å². The summed E-state index contributed by atoms with van der Waals surface area (Å²) < 4.78 is 0. The van der Waals surface area contributed by atoms with Crippen LogP contribution in [0, 0.1) is 11.3 Å². The molecule has 0 unspecified atom stereocenters.